The summed E-state index contributed by atoms with van der Waals surface area (Å²) < 4.78 is 1.92. The van der Waals surface area contributed by atoms with Gasteiger partial charge in [0.1, 0.15) is 11.2 Å². The van der Waals surface area contributed by atoms with E-state index in [4.69, 9.17) is 0 Å². The number of carbonyl (C=O) groups is 3. The van der Waals surface area contributed by atoms with Gasteiger partial charge in [-0.2, -0.15) is 0 Å². The van der Waals surface area contributed by atoms with E-state index >= 15 is 0 Å². The lowest BCUT2D eigenvalue weighted by Crippen LogP contribution is -2.65. The molecule has 0 radical (unpaired) electrons. The summed E-state index contributed by atoms with van der Waals surface area (Å²) in [6.45, 7) is 6.26. The second-order valence-corrected chi connectivity index (χ2v) is 9.05. The Morgan fingerprint density at radius 3 is 2.58 bits per heavy atom. The Hall–Kier alpha value is -2.83. The van der Waals surface area contributed by atoms with E-state index in [-0.39, 0.29) is 23.8 Å². The van der Waals surface area contributed by atoms with Gasteiger partial charge >= 0.3 is 0 Å². The molecule has 166 valence electrons. The maximum atomic E-state index is 13.8. The van der Waals surface area contributed by atoms with Crippen LogP contribution in [0, 0.1) is 0 Å². The van der Waals surface area contributed by atoms with Crippen LogP contribution in [0.5, 0.6) is 0 Å². The van der Waals surface area contributed by atoms with Crippen molar-refractivity contribution < 1.29 is 14.4 Å². The third-order valence-corrected chi connectivity index (χ3v) is 6.70. The van der Waals surface area contributed by atoms with Gasteiger partial charge in [0.15, 0.2) is 0 Å². The molecule has 0 bridgehead atoms. The van der Waals surface area contributed by atoms with Crippen molar-refractivity contribution in [2.45, 2.75) is 77.4 Å². The van der Waals surface area contributed by atoms with Crippen molar-refractivity contribution in [3.05, 3.63) is 30.0 Å². The number of rotatable bonds is 6. The fraction of sp³-hybridized carbons (Fsp3) is 0.542. The van der Waals surface area contributed by atoms with Crippen molar-refractivity contribution in [1.29, 1.82) is 0 Å². The van der Waals surface area contributed by atoms with Crippen molar-refractivity contribution in [3.8, 4) is 0 Å². The first-order valence-electron chi connectivity index (χ1n) is 11.4. The van der Waals surface area contributed by atoms with Gasteiger partial charge in [-0.05, 0) is 32.3 Å². The number of unbranched alkanes of at least 4 members (excludes halogenated alkanes) is 1. The van der Waals surface area contributed by atoms with E-state index in [2.05, 4.69) is 17.6 Å². The molecule has 31 heavy (non-hydrogen) atoms. The van der Waals surface area contributed by atoms with Crippen LogP contribution in [-0.4, -0.2) is 45.3 Å². The van der Waals surface area contributed by atoms with Crippen molar-refractivity contribution in [2.24, 2.45) is 0 Å². The zero-order valence-electron chi connectivity index (χ0n) is 18.7. The van der Waals surface area contributed by atoms with Gasteiger partial charge in [0.05, 0.1) is 17.7 Å². The summed E-state index contributed by atoms with van der Waals surface area (Å²) in [5.74, 6) is -0.517. The van der Waals surface area contributed by atoms with Crippen LogP contribution in [0.15, 0.2) is 24.3 Å². The van der Waals surface area contributed by atoms with Crippen LogP contribution in [0.1, 0.15) is 69.8 Å². The zero-order chi connectivity index (χ0) is 22.2. The summed E-state index contributed by atoms with van der Waals surface area (Å²) >= 11 is 0. The summed E-state index contributed by atoms with van der Waals surface area (Å²) in [6.07, 6.45) is 5.99. The first kappa shape index (κ1) is 21.4. The molecule has 0 spiro atoms. The first-order valence-corrected chi connectivity index (χ1v) is 11.4. The average molecular weight is 425 g/mol. The molecule has 2 aromatic rings. The van der Waals surface area contributed by atoms with Crippen molar-refractivity contribution in [3.63, 3.8) is 0 Å². The topological polar surface area (TPSA) is 83.4 Å². The van der Waals surface area contributed by atoms with Gasteiger partial charge < -0.3 is 20.1 Å². The number of hydrogen-bond donors (Lipinski definition) is 2. The minimum atomic E-state index is -0.989. The van der Waals surface area contributed by atoms with Crippen molar-refractivity contribution >= 4 is 34.3 Å². The van der Waals surface area contributed by atoms with Crippen LogP contribution in [0.4, 0.5) is 5.69 Å². The molecule has 2 heterocycles. The van der Waals surface area contributed by atoms with Gasteiger partial charge in [-0.15, -0.1) is 0 Å². The lowest BCUT2D eigenvalue weighted by Gasteiger charge is -2.44. The van der Waals surface area contributed by atoms with Gasteiger partial charge in [0.25, 0.3) is 5.91 Å². The molecule has 1 aromatic heterocycles. The highest BCUT2D eigenvalue weighted by Gasteiger charge is 2.49. The van der Waals surface area contributed by atoms with Gasteiger partial charge in [-0.25, -0.2) is 0 Å². The summed E-state index contributed by atoms with van der Waals surface area (Å²) in [4.78, 5) is 41.0. The van der Waals surface area contributed by atoms with E-state index in [9.17, 15) is 14.4 Å². The molecule has 1 aromatic carbocycles. The largest absolute Gasteiger partial charge is 0.351 e. The van der Waals surface area contributed by atoms with Crippen LogP contribution in [-0.2, 0) is 16.1 Å². The molecule has 7 nitrogen and oxygen atoms in total. The van der Waals surface area contributed by atoms with E-state index in [1.165, 1.54) is 6.92 Å². The highest BCUT2D eigenvalue weighted by atomic mass is 16.2. The average Bonchev–Trinajstić information content (AvgIpc) is 3.34. The molecular weight excluding hydrogens is 392 g/mol. The van der Waals surface area contributed by atoms with Crippen LogP contribution in [0.25, 0.3) is 10.9 Å². The number of fused-ring (bicyclic) bond motifs is 3. The number of amides is 3. The Kier molecular flexibility index (Phi) is 5.77. The lowest BCUT2D eigenvalue weighted by atomic mass is 9.93. The molecule has 2 aliphatic rings. The third-order valence-electron chi connectivity index (χ3n) is 6.70. The van der Waals surface area contributed by atoms with Gasteiger partial charge in [0.2, 0.25) is 11.8 Å². The van der Waals surface area contributed by atoms with Crippen molar-refractivity contribution in [2.75, 3.05) is 11.9 Å². The molecule has 3 amide bonds. The summed E-state index contributed by atoms with van der Waals surface area (Å²) in [6, 6.07) is 7.84. The SMILES string of the molecule is CCCCN1C(=O)c2c(NC(C)=O)c3ccccc3n2C[C@]1(C)C(=O)NC1CCCC1. The molecule has 2 N–H and O–H groups in total. The summed E-state index contributed by atoms with van der Waals surface area (Å²) in [5, 5.41) is 6.91. The Bertz CT molecular complexity index is 1020. The molecule has 1 aliphatic carbocycles. The predicted octanol–water partition coefficient (Wildman–Crippen LogP) is 3.67. The summed E-state index contributed by atoms with van der Waals surface area (Å²) in [5.41, 5.74) is 0.855. The molecule has 0 saturated heterocycles. The smallest absolute Gasteiger partial charge is 0.273 e. The minimum absolute atomic E-state index is 0.0895. The zero-order valence-corrected chi connectivity index (χ0v) is 18.7. The molecule has 1 atom stereocenters. The monoisotopic (exact) mass is 424 g/mol. The van der Waals surface area contributed by atoms with Gasteiger partial charge in [0, 0.05) is 24.9 Å². The number of anilines is 1. The van der Waals surface area contributed by atoms with Crippen LogP contribution in [0.3, 0.4) is 0 Å². The van der Waals surface area contributed by atoms with E-state index in [1.54, 1.807) is 4.90 Å². The van der Waals surface area contributed by atoms with Crippen LogP contribution >= 0.6 is 0 Å². The van der Waals surface area contributed by atoms with E-state index in [0.717, 1.165) is 49.4 Å². The lowest BCUT2D eigenvalue weighted by molar-refractivity contribution is -0.133. The normalized spacial score (nSPS) is 21.4. The number of aromatic nitrogens is 1. The molecule has 1 aliphatic heterocycles. The molecular formula is C24H32N4O3. The quantitative estimate of drug-likeness (QED) is 0.742. The van der Waals surface area contributed by atoms with Crippen LogP contribution in [0.2, 0.25) is 0 Å². The predicted molar refractivity (Wildman–Crippen MR) is 121 cm³/mol. The molecule has 0 unspecified atom stereocenters. The minimum Gasteiger partial charge on any atom is -0.351 e. The number of hydrogen-bond acceptors (Lipinski definition) is 3. The first-order chi connectivity index (χ1) is 14.9. The van der Waals surface area contributed by atoms with E-state index < -0.39 is 5.54 Å². The maximum absolute atomic E-state index is 13.8. The fourth-order valence-electron chi connectivity index (χ4n) is 5.01. The second kappa shape index (κ2) is 8.36. The van der Waals surface area contributed by atoms with E-state index in [1.807, 2.05) is 35.8 Å². The molecule has 7 heteroatoms. The number of carbonyl (C=O) groups excluding carboxylic acids is 3. The molecule has 4 rings (SSSR count). The molecule has 1 fully saturated rings. The van der Waals surface area contributed by atoms with Gasteiger partial charge in [-0.3, -0.25) is 14.4 Å². The Morgan fingerprint density at radius 2 is 1.90 bits per heavy atom. The van der Waals surface area contributed by atoms with Crippen molar-refractivity contribution in [1.82, 2.24) is 14.8 Å². The van der Waals surface area contributed by atoms with E-state index in [0.29, 0.717) is 24.5 Å². The molecule has 1 saturated carbocycles. The second-order valence-electron chi connectivity index (χ2n) is 9.05. The highest BCUT2D eigenvalue weighted by molar-refractivity contribution is 6.14. The fourth-order valence-corrected chi connectivity index (χ4v) is 5.01. The number of nitrogens with zero attached hydrogens (tertiary/aromatic N) is 2. The number of para-hydroxylation sites is 1. The standard InChI is InChI=1S/C24H32N4O3/c1-4-5-14-28-22(30)21-20(25-16(2)29)18-12-8-9-13-19(18)27(21)15-24(28,3)23(31)26-17-10-6-7-11-17/h8-9,12-13,17H,4-7,10-11,14-15H2,1-3H3,(H,25,29)(H,26,31)/t24-/m1/s1. The van der Waals surface area contributed by atoms with Gasteiger partial charge in [-0.1, -0.05) is 44.4 Å². The maximum Gasteiger partial charge on any atom is 0.273 e. The van der Waals surface area contributed by atoms with Crippen LogP contribution < -0.4 is 10.6 Å². The Balaban J connectivity index is 1.82. The third kappa shape index (κ3) is 3.70. The summed E-state index contributed by atoms with van der Waals surface area (Å²) in [7, 11) is 0. The highest BCUT2D eigenvalue weighted by Crippen LogP contribution is 2.39. The number of nitrogens with one attached hydrogen (secondary N) is 2. The Morgan fingerprint density at radius 1 is 1.19 bits per heavy atom. The number of benzene rings is 1. The Labute approximate surface area is 183 Å².